The van der Waals surface area contributed by atoms with E-state index in [1.165, 1.54) is 12.1 Å². The summed E-state index contributed by atoms with van der Waals surface area (Å²) in [6.45, 7) is -0.629. The van der Waals surface area contributed by atoms with Gasteiger partial charge in [0.2, 0.25) is 10.0 Å². The van der Waals surface area contributed by atoms with Crippen LogP contribution in [0.4, 0.5) is 4.39 Å². The summed E-state index contributed by atoms with van der Waals surface area (Å²) in [4.78, 5) is 17.0. The van der Waals surface area contributed by atoms with Gasteiger partial charge in [0.1, 0.15) is 29.0 Å². The molecular weight excluding hydrogens is 479 g/mol. The van der Waals surface area contributed by atoms with E-state index in [-0.39, 0.29) is 0 Å². The molecule has 1 aliphatic carbocycles. The molecule has 2 N–H and O–H groups in total. The molecule has 2 unspecified atom stereocenters. The van der Waals surface area contributed by atoms with Gasteiger partial charge >= 0.3 is 5.97 Å². The fraction of sp³-hybridized carbons (Fsp3) is 0.348. The van der Waals surface area contributed by atoms with Gasteiger partial charge in [-0.3, -0.25) is 4.79 Å². The predicted octanol–water partition coefficient (Wildman–Crippen LogP) is 2.72. The highest BCUT2D eigenvalue weighted by Gasteiger charge is 2.48. The minimum atomic E-state index is -4.22. The number of ether oxygens (including phenoxy) is 1. The number of halogens is 1. The monoisotopic (exact) mass is 504 g/mol. The van der Waals surface area contributed by atoms with Crippen LogP contribution in [-0.4, -0.2) is 48.5 Å². The minimum Gasteiger partial charge on any atom is -0.460 e. The SMILES string of the molecule is CNC(=S)C1(c2ccc3nccn3c2)CCCCC1OC(=O)CNS(=O)(=O)c1ccccc1F. The average Bonchev–Trinajstić information content (AvgIpc) is 3.31. The summed E-state index contributed by atoms with van der Waals surface area (Å²) in [5.41, 5.74) is 0.879. The van der Waals surface area contributed by atoms with Crippen molar-refractivity contribution >= 4 is 38.8 Å². The predicted molar refractivity (Wildman–Crippen MR) is 128 cm³/mol. The van der Waals surface area contributed by atoms with E-state index in [0.717, 1.165) is 36.2 Å². The fourth-order valence-electron chi connectivity index (χ4n) is 4.52. The lowest BCUT2D eigenvalue weighted by molar-refractivity contribution is -0.151. The molecule has 180 valence electrons. The van der Waals surface area contributed by atoms with Gasteiger partial charge in [-0.15, -0.1) is 0 Å². The quantitative estimate of drug-likeness (QED) is 0.377. The zero-order chi connectivity index (χ0) is 24.3. The molecule has 0 bridgehead atoms. The third kappa shape index (κ3) is 4.55. The molecule has 1 aliphatic rings. The molecule has 0 radical (unpaired) electrons. The highest BCUT2D eigenvalue weighted by molar-refractivity contribution is 7.89. The maximum atomic E-state index is 13.9. The number of carbonyl (C=O) groups is 1. The number of nitrogens with one attached hydrogen (secondary N) is 2. The number of pyridine rings is 1. The fourth-order valence-corrected chi connectivity index (χ4v) is 5.92. The number of esters is 1. The molecule has 0 aliphatic heterocycles. The number of likely N-dealkylation sites (N-methyl/N-ethyl adjacent to an activating group) is 1. The van der Waals surface area contributed by atoms with Crippen molar-refractivity contribution in [3.05, 3.63) is 66.4 Å². The number of benzene rings is 1. The van der Waals surface area contributed by atoms with Crippen LogP contribution in [0.2, 0.25) is 0 Å². The summed E-state index contributed by atoms with van der Waals surface area (Å²) in [5, 5.41) is 3.07. The number of imidazole rings is 1. The molecule has 11 heteroatoms. The summed E-state index contributed by atoms with van der Waals surface area (Å²) in [6.07, 6.45) is 7.80. The Morgan fingerprint density at radius 1 is 1.29 bits per heavy atom. The van der Waals surface area contributed by atoms with E-state index in [2.05, 4.69) is 15.0 Å². The number of carbonyl (C=O) groups excluding carboxylic acids is 1. The molecule has 1 saturated carbocycles. The molecule has 2 heterocycles. The lowest BCUT2D eigenvalue weighted by Gasteiger charge is -2.44. The van der Waals surface area contributed by atoms with Crippen LogP contribution in [0.5, 0.6) is 0 Å². The van der Waals surface area contributed by atoms with Crippen molar-refractivity contribution in [3.63, 3.8) is 0 Å². The van der Waals surface area contributed by atoms with E-state index in [0.29, 0.717) is 17.8 Å². The maximum Gasteiger partial charge on any atom is 0.321 e. The lowest BCUT2D eigenvalue weighted by atomic mass is 9.67. The largest absolute Gasteiger partial charge is 0.460 e. The summed E-state index contributed by atoms with van der Waals surface area (Å²) in [5.74, 6) is -1.66. The normalized spacial score (nSPS) is 20.7. The lowest BCUT2D eigenvalue weighted by Crippen LogP contribution is -2.54. The van der Waals surface area contributed by atoms with Crippen molar-refractivity contribution in [1.82, 2.24) is 19.4 Å². The number of thiocarbonyl (C=S) groups is 1. The molecule has 2 aromatic heterocycles. The topological polar surface area (TPSA) is 102 Å². The van der Waals surface area contributed by atoms with Gasteiger partial charge in [0.25, 0.3) is 0 Å². The van der Waals surface area contributed by atoms with Crippen LogP contribution in [0.15, 0.2) is 59.9 Å². The van der Waals surface area contributed by atoms with Crippen molar-refractivity contribution in [3.8, 4) is 0 Å². The summed E-state index contributed by atoms with van der Waals surface area (Å²) < 4.78 is 48.7. The Kier molecular flexibility index (Phi) is 6.96. The number of aromatic nitrogens is 2. The second-order valence-electron chi connectivity index (χ2n) is 8.14. The van der Waals surface area contributed by atoms with Crippen molar-refractivity contribution in [1.29, 1.82) is 0 Å². The third-order valence-electron chi connectivity index (χ3n) is 6.18. The number of hydrogen-bond acceptors (Lipinski definition) is 6. The average molecular weight is 505 g/mol. The van der Waals surface area contributed by atoms with Crippen LogP contribution in [0.3, 0.4) is 0 Å². The molecule has 1 fully saturated rings. The second kappa shape index (κ2) is 9.77. The zero-order valence-corrected chi connectivity index (χ0v) is 20.2. The molecule has 3 aromatic rings. The first-order valence-electron chi connectivity index (χ1n) is 10.9. The van der Waals surface area contributed by atoms with Crippen LogP contribution in [0.25, 0.3) is 5.65 Å². The Morgan fingerprint density at radius 2 is 2.09 bits per heavy atom. The van der Waals surface area contributed by atoms with Crippen LogP contribution in [0.1, 0.15) is 31.2 Å². The highest BCUT2D eigenvalue weighted by atomic mass is 32.2. The van der Waals surface area contributed by atoms with Crippen molar-refractivity contribution in [2.24, 2.45) is 0 Å². The Hall–Kier alpha value is -2.89. The maximum absolute atomic E-state index is 13.9. The minimum absolute atomic E-state index is 0.528. The Morgan fingerprint density at radius 3 is 2.85 bits per heavy atom. The van der Waals surface area contributed by atoms with E-state index in [4.69, 9.17) is 17.0 Å². The standard InChI is InChI=1S/C23H25FN4O4S2/c1-25-22(33)23(16-9-10-20-26-12-13-28(20)15-16)11-5-4-8-19(23)32-21(29)14-27-34(30,31)18-7-3-2-6-17(18)24/h2-3,6-7,9-10,12-13,15,19,27H,4-5,8,11,14H2,1H3,(H,25,33). The molecule has 4 rings (SSSR count). The van der Waals surface area contributed by atoms with Crippen LogP contribution < -0.4 is 10.0 Å². The van der Waals surface area contributed by atoms with Gasteiger partial charge in [-0.25, -0.2) is 17.8 Å². The number of hydrogen-bond donors (Lipinski definition) is 2. The van der Waals surface area contributed by atoms with E-state index in [9.17, 15) is 17.6 Å². The summed E-state index contributed by atoms with van der Waals surface area (Å²) >= 11 is 5.72. The number of fused-ring (bicyclic) bond motifs is 1. The molecular formula is C23H25FN4O4S2. The molecule has 0 saturated heterocycles. The van der Waals surface area contributed by atoms with Crippen molar-refractivity contribution < 1.29 is 22.3 Å². The van der Waals surface area contributed by atoms with E-state index in [1.807, 2.05) is 28.9 Å². The van der Waals surface area contributed by atoms with E-state index >= 15 is 0 Å². The van der Waals surface area contributed by atoms with Gasteiger partial charge in [0.05, 0.1) is 10.4 Å². The van der Waals surface area contributed by atoms with E-state index < -0.39 is 44.8 Å². The number of nitrogens with zero attached hydrogens (tertiary/aromatic N) is 2. The molecule has 0 spiro atoms. The van der Waals surface area contributed by atoms with Gasteiger partial charge in [0.15, 0.2) is 0 Å². The first-order valence-corrected chi connectivity index (χ1v) is 12.8. The Bertz CT molecular complexity index is 1330. The second-order valence-corrected chi connectivity index (χ2v) is 10.3. The van der Waals surface area contributed by atoms with Gasteiger partial charge in [0, 0.05) is 25.6 Å². The van der Waals surface area contributed by atoms with Gasteiger partial charge in [-0.2, -0.15) is 4.72 Å². The molecule has 1 aromatic carbocycles. The smallest absolute Gasteiger partial charge is 0.321 e. The molecule has 8 nitrogen and oxygen atoms in total. The molecule has 34 heavy (non-hydrogen) atoms. The summed E-state index contributed by atoms with van der Waals surface area (Å²) in [6, 6.07) is 8.77. The van der Waals surface area contributed by atoms with Gasteiger partial charge in [-0.1, -0.05) is 36.8 Å². The van der Waals surface area contributed by atoms with Crippen molar-refractivity contribution in [2.45, 2.75) is 42.1 Å². The third-order valence-corrected chi connectivity index (χ3v) is 8.18. The highest BCUT2D eigenvalue weighted by Crippen LogP contribution is 2.42. The van der Waals surface area contributed by atoms with Crippen LogP contribution in [-0.2, 0) is 25.0 Å². The van der Waals surface area contributed by atoms with Crippen molar-refractivity contribution in [2.75, 3.05) is 13.6 Å². The number of rotatable bonds is 7. The van der Waals surface area contributed by atoms with Crippen LogP contribution in [0, 0.1) is 5.82 Å². The number of sulfonamides is 1. The van der Waals surface area contributed by atoms with Gasteiger partial charge in [-0.05, 0) is 43.0 Å². The molecule has 2 atom stereocenters. The van der Waals surface area contributed by atoms with E-state index in [1.54, 1.807) is 13.2 Å². The Labute approximate surface area is 202 Å². The first kappa shape index (κ1) is 24.2. The summed E-state index contributed by atoms with van der Waals surface area (Å²) in [7, 11) is -2.49. The van der Waals surface area contributed by atoms with Gasteiger partial charge < -0.3 is 14.5 Å². The van der Waals surface area contributed by atoms with Crippen LogP contribution >= 0.6 is 12.2 Å². The zero-order valence-electron chi connectivity index (χ0n) is 18.5. The first-order chi connectivity index (χ1) is 16.3. The molecule has 0 amide bonds. The Balaban J connectivity index is 1.58.